The number of carbonyl (C=O) groups is 1. The molecule has 5 nitrogen and oxygen atoms in total. The van der Waals surface area contributed by atoms with Crippen molar-refractivity contribution >= 4 is 22.9 Å². The van der Waals surface area contributed by atoms with Crippen LogP contribution >= 0.6 is 0 Å². The number of imidazole rings is 1. The lowest BCUT2D eigenvalue weighted by molar-refractivity contribution is 0.102. The Balaban J connectivity index is 1.54. The molecule has 2 heterocycles. The Morgan fingerprint density at radius 1 is 0.957 bits per heavy atom. The first-order valence-corrected chi connectivity index (χ1v) is 7.29. The van der Waals surface area contributed by atoms with Gasteiger partial charge in [0, 0.05) is 23.6 Å². The highest BCUT2D eigenvalue weighted by Gasteiger charge is 2.09. The van der Waals surface area contributed by atoms with Crippen molar-refractivity contribution in [1.29, 1.82) is 0 Å². The third-order valence-corrected chi connectivity index (χ3v) is 3.65. The lowest BCUT2D eigenvalue weighted by Gasteiger charge is -2.05. The second-order valence-corrected chi connectivity index (χ2v) is 5.19. The van der Waals surface area contributed by atoms with Crippen LogP contribution in [0.15, 0.2) is 73.1 Å². The van der Waals surface area contributed by atoms with Crippen molar-refractivity contribution < 1.29 is 4.79 Å². The Kier molecular flexibility index (Phi) is 3.16. The molecule has 2 N–H and O–H groups in total. The average Bonchev–Trinajstić information content (AvgIpc) is 3.24. The van der Waals surface area contributed by atoms with Crippen LogP contribution in [0.4, 0.5) is 5.95 Å². The van der Waals surface area contributed by atoms with E-state index in [9.17, 15) is 4.79 Å². The molecule has 2 aromatic carbocycles. The van der Waals surface area contributed by atoms with Crippen molar-refractivity contribution in [3.63, 3.8) is 0 Å². The smallest absolute Gasteiger partial charge is 0.257 e. The number of para-hydroxylation sites is 2. The Morgan fingerprint density at radius 2 is 1.70 bits per heavy atom. The van der Waals surface area contributed by atoms with Gasteiger partial charge in [0.2, 0.25) is 5.95 Å². The Hall–Kier alpha value is -3.34. The van der Waals surface area contributed by atoms with Gasteiger partial charge in [-0.05, 0) is 48.5 Å². The van der Waals surface area contributed by atoms with E-state index in [-0.39, 0.29) is 5.91 Å². The largest absolute Gasteiger partial charge is 0.324 e. The summed E-state index contributed by atoms with van der Waals surface area (Å²) in [6, 6.07) is 19.0. The number of nitrogens with zero attached hydrogens (tertiary/aromatic N) is 2. The summed E-state index contributed by atoms with van der Waals surface area (Å²) >= 11 is 0. The highest BCUT2D eigenvalue weighted by molar-refractivity contribution is 6.04. The molecule has 23 heavy (non-hydrogen) atoms. The first-order valence-electron chi connectivity index (χ1n) is 7.29. The molecule has 0 saturated carbocycles. The molecular weight excluding hydrogens is 288 g/mol. The molecule has 0 unspecified atom stereocenters. The maximum Gasteiger partial charge on any atom is 0.257 e. The number of hydrogen-bond donors (Lipinski definition) is 2. The zero-order valence-electron chi connectivity index (χ0n) is 12.2. The van der Waals surface area contributed by atoms with Crippen LogP contribution in [0.25, 0.3) is 16.7 Å². The summed E-state index contributed by atoms with van der Waals surface area (Å²) in [5, 5.41) is 2.79. The number of anilines is 1. The van der Waals surface area contributed by atoms with Crippen molar-refractivity contribution in [3.05, 3.63) is 78.6 Å². The second-order valence-electron chi connectivity index (χ2n) is 5.19. The van der Waals surface area contributed by atoms with Crippen LogP contribution in [0.2, 0.25) is 0 Å². The van der Waals surface area contributed by atoms with Gasteiger partial charge in [-0.3, -0.25) is 10.1 Å². The third kappa shape index (κ3) is 2.60. The van der Waals surface area contributed by atoms with E-state index in [1.165, 1.54) is 0 Å². The van der Waals surface area contributed by atoms with E-state index >= 15 is 0 Å². The van der Waals surface area contributed by atoms with E-state index < -0.39 is 0 Å². The van der Waals surface area contributed by atoms with E-state index in [4.69, 9.17) is 0 Å². The predicted octanol–water partition coefficient (Wildman–Crippen LogP) is 3.61. The standard InChI is InChI=1S/C18H14N4O/c23-17(21-18-19-15-5-1-2-6-16(15)20-18)13-7-9-14(10-8-13)22-11-3-4-12-22/h1-12H,(H2,19,20,21,23). The summed E-state index contributed by atoms with van der Waals surface area (Å²) in [4.78, 5) is 19.7. The number of rotatable bonds is 3. The predicted molar refractivity (Wildman–Crippen MR) is 89.8 cm³/mol. The fourth-order valence-electron chi connectivity index (χ4n) is 2.48. The van der Waals surface area contributed by atoms with Crippen LogP contribution in [0, 0.1) is 0 Å². The van der Waals surface area contributed by atoms with Gasteiger partial charge in [0.1, 0.15) is 0 Å². The van der Waals surface area contributed by atoms with Gasteiger partial charge in [-0.25, -0.2) is 4.98 Å². The molecule has 1 amide bonds. The number of carbonyl (C=O) groups excluding carboxylic acids is 1. The fraction of sp³-hybridized carbons (Fsp3) is 0. The highest BCUT2D eigenvalue weighted by atomic mass is 16.1. The van der Waals surface area contributed by atoms with Crippen LogP contribution in [0.1, 0.15) is 10.4 Å². The van der Waals surface area contributed by atoms with Gasteiger partial charge in [0.05, 0.1) is 11.0 Å². The Labute approximate surface area is 132 Å². The van der Waals surface area contributed by atoms with Crippen molar-refractivity contribution in [2.24, 2.45) is 0 Å². The fourth-order valence-corrected chi connectivity index (χ4v) is 2.48. The van der Waals surface area contributed by atoms with Gasteiger partial charge in [-0.2, -0.15) is 0 Å². The van der Waals surface area contributed by atoms with Gasteiger partial charge in [-0.1, -0.05) is 12.1 Å². The van der Waals surface area contributed by atoms with Crippen molar-refractivity contribution in [2.75, 3.05) is 5.32 Å². The average molecular weight is 302 g/mol. The van der Waals surface area contributed by atoms with Gasteiger partial charge in [0.25, 0.3) is 5.91 Å². The first kappa shape index (κ1) is 13.3. The number of aromatic nitrogens is 3. The van der Waals surface area contributed by atoms with Crippen molar-refractivity contribution in [3.8, 4) is 5.69 Å². The number of benzene rings is 2. The van der Waals surface area contributed by atoms with Gasteiger partial charge in [-0.15, -0.1) is 0 Å². The van der Waals surface area contributed by atoms with Crippen LogP contribution in [0.5, 0.6) is 0 Å². The molecule has 2 aromatic heterocycles. The molecule has 112 valence electrons. The summed E-state index contributed by atoms with van der Waals surface area (Å²) in [6.45, 7) is 0. The van der Waals surface area contributed by atoms with E-state index in [1.54, 1.807) is 12.1 Å². The lowest BCUT2D eigenvalue weighted by atomic mass is 10.2. The number of amides is 1. The molecule has 4 aromatic rings. The molecule has 0 aliphatic heterocycles. The second kappa shape index (κ2) is 5.46. The maximum atomic E-state index is 12.3. The SMILES string of the molecule is O=C(Nc1nc2ccccc2[nH]1)c1ccc(-n2cccc2)cc1. The summed E-state index contributed by atoms with van der Waals surface area (Å²) in [6.07, 6.45) is 3.92. The van der Waals surface area contributed by atoms with E-state index in [0.29, 0.717) is 11.5 Å². The zero-order valence-corrected chi connectivity index (χ0v) is 12.2. The minimum Gasteiger partial charge on any atom is -0.324 e. The molecule has 0 saturated heterocycles. The molecule has 0 spiro atoms. The number of aromatic amines is 1. The molecule has 5 heteroatoms. The summed E-state index contributed by atoms with van der Waals surface area (Å²) in [7, 11) is 0. The quantitative estimate of drug-likeness (QED) is 0.607. The summed E-state index contributed by atoms with van der Waals surface area (Å²) < 4.78 is 1.99. The molecule has 0 fully saturated rings. The molecule has 0 atom stereocenters. The summed E-state index contributed by atoms with van der Waals surface area (Å²) in [5.74, 6) is 0.258. The number of H-pyrrole nitrogens is 1. The Bertz CT molecular complexity index is 919. The lowest BCUT2D eigenvalue weighted by Crippen LogP contribution is -2.12. The molecular formula is C18H14N4O. The third-order valence-electron chi connectivity index (χ3n) is 3.65. The monoisotopic (exact) mass is 302 g/mol. The van der Waals surface area contributed by atoms with Crippen LogP contribution in [0.3, 0.4) is 0 Å². The van der Waals surface area contributed by atoms with E-state index in [1.807, 2.05) is 65.5 Å². The minimum atomic E-state index is -0.192. The van der Waals surface area contributed by atoms with Crippen LogP contribution < -0.4 is 5.32 Å². The first-order chi connectivity index (χ1) is 11.3. The van der Waals surface area contributed by atoms with Gasteiger partial charge < -0.3 is 9.55 Å². The van der Waals surface area contributed by atoms with Crippen molar-refractivity contribution in [1.82, 2.24) is 14.5 Å². The van der Waals surface area contributed by atoms with E-state index in [2.05, 4.69) is 15.3 Å². The molecule has 0 aliphatic rings. The Morgan fingerprint density at radius 3 is 2.43 bits per heavy atom. The summed E-state index contributed by atoms with van der Waals surface area (Å²) in [5.41, 5.74) is 3.31. The number of fused-ring (bicyclic) bond motifs is 1. The molecule has 0 bridgehead atoms. The molecule has 4 rings (SSSR count). The van der Waals surface area contributed by atoms with Crippen LogP contribution in [-0.2, 0) is 0 Å². The number of hydrogen-bond acceptors (Lipinski definition) is 2. The van der Waals surface area contributed by atoms with Crippen molar-refractivity contribution in [2.45, 2.75) is 0 Å². The number of nitrogens with one attached hydrogen (secondary N) is 2. The maximum absolute atomic E-state index is 12.3. The van der Waals surface area contributed by atoms with E-state index in [0.717, 1.165) is 16.7 Å². The normalized spacial score (nSPS) is 10.8. The van der Waals surface area contributed by atoms with Crippen LogP contribution in [-0.4, -0.2) is 20.4 Å². The highest BCUT2D eigenvalue weighted by Crippen LogP contribution is 2.15. The van der Waals surface area contributed by atoms with Gasteiger partial charge >= 0.3 is 0 Å². The minimum absolute atomic E-state index is 0.192. The van der Waals surface area contributed by atoms with Gasteiger partial charge in [0.15, 0.2) is 0 Å². The topological polar surface area (TPSA) is 62.7 Å². The zero-order chi connectivity index (χ0) is 15.6. The molecule has 0 radical (unpaired) electrons. The molecule has 0 aliphatic carbocycles.